The van der Waals surface area contributed by atoms with E-state index in [1.807, 2.05) is 20.8 Å². The summed E-state index contributed by atoms with van der Waals surface area (Å²) in [5, 5.41) is 6.90. The SMILES string of the molecule is CC(C)[C@@H](C)n1nccc1NC(=O)c1ccccc1OC(F)F. The topological polar surface area (TPSA) is 56.2 Å². The van der Waals surface area contributed by atoms with Gasteiger partial charge in [0.25, 0.3) is 5.91 Å². The number of nitrogens with one attached hydrogen (secondary N) is 1. The van der Waals surface area contributed by atoms with Gasteiger partial charge in [0.1, 0.15) is 11.6 Å². The molecular weight excluding hydrogens is 304 g/mol. The van der Waals surface area contributed by atoms with Crippen molar-refractivity contribution >= 4 is 11.7 Å². The van der Waals surface area contributed by atoms with Crippen LogP contribution in [0, 0.1) is 5.92 Å². The summed E-state index contributed by atoms with van der Waals surface area (Å²) in [7, 11) is 0. The lowest BCUT2D eigenvalue weighted by molar-refractivity contribution is -0.0501. The van der Waals surface area contributed by atoms with Gasteiger partial charge in [-0.25, -0.2) is 4.68 Å². The maximum atomic E-state index is 12.4. The molecule has 2 aromatic rings. The minimum Gasteiger partial charge on any atom is -0.434 e. The lowest BCUT2D eigenvalue weighted by Gasteiger charge is -2.19. The highest BCUT2D eigenvalue weighted by molar-refractivity contribution is 6.05. The van der Waals surface area contributed by atoms with E-state index in [4.69, 9.17) is 0 Å². The Bertz CT molecular complexity index is 671. The minimum atomic E-state index is -2.99. The first-order chi connectivity index (χ1) is 10.9. The van der Waals surface area contributed by atoms with Gasteiger partial charge in [-0.1, -0.05) is 26.0 Å². The molecule has 1 N–H and O–H groups in total. The Morgan fingerprint density at radius 1 is 1.22 bits per heavy atom. The van der Waals surface area contributed by atoms with Crippen LogP contribution in [0.2, 0.25) is 0 Å². The van der Waals surface area contributed by atoms with Crippen LogP contribution in [0.25, 0.3) is 0 Å². The van der Waals surface area contributed by atoms with E-state index in [9.17, 15) is 13.6 Å². The first-order valence-corrected chi connectivity index (χ1v) is 7.29. The van der Waals surface area contributed by atoms with Crippen LogP contribution in [0.1, 0.15) is 37.2 Å². The minimum absolute atomic E-state index is 0.0396. The first-order valence-electron chi connectivity index (χ1n) is 7.29. The van der Waals surface area contributed by atoms with Gasteiger partial charge in [-0.2, -0.15) is 13.9 Å². The zero-order valence-corrected chi connectivity index (χ0v) is 13.2. The van der Waals surface area contributed by atoms with E-state index >= 15 is 0 Å². The number of carbonyl (C=O) groups excluding carboxylic acids is 1. The van der Waals surface area contributed by atoms with Gasteiger partial charge in [0.2, 0.25) is 0 Å². The summed E-state index contributed by atoms with van der Waals surface area (Å²) in [6, 6.07) is 7.61. The number of rotatable bonds is 6. The summed E-state index contributed by atoms with van der Waals surface area (Å²) in [5.41, 5.74) is 0.0396. The smallest absolute Gasteiger partial charge is 0.387 e. The Morgan fingerprint density at radius 2 is 1.91 bits per heavy atom. The van der Waals surface area contributed by atoms with Crippen molar-refractivity contribution < 1.29 is 18.3 Å². The molecule has 23 heavy (non-hydrogen) atoms. The van der Waals surface area contributed by atoms with Gasteiger partial charge in [0, 0.05) is 6.07 Å². The molecule has 0 bridgehead atoms. The lowest BCUT2D eigenvalue weighted by atomic mass is 10.1. The van der Waals surface area contributed by atoms with Crippen molar-refractivity contribution in [3.8, 4) is 5.75 Å². The van der Waals surface area contributed by atoms with Crippen LogP contribution in [-0.2, 0) is 0 Å². The molecule has 124 valence electrons. The second-order valence-corrected chi connectivity index (χ2v) is 5.47. The van der Waals surface area contributed by atoms with Crippen molar-refractivity contribution in [2.45, 2.75) is 33.4 Å². The van der Waals surface area contributed by atoms with E-state index in [-0.39, 0.29) is 17.4 Å². The highest BCUT2D eigenvalue weighted by Crippen LogP contribution is 2.24. The molecular formula is C16H19F2N3O2. The molecule has 0 saturated carbocycles. The van der Waals surface area contributed by atoms with Crippen LogP contribution < -0.4 is 10.1 Å². The van der Waals surface area contributed by atoms with Crippen molar-refractivity contribution in [3.05, 3.63) is 42.1 Å². The molecule has 0 spiro atoms. The molecule has 7 heteroatoms. The van der Waals surface area contributed by atoms with Crippen molar-refractivity contribution in [2.75, 3.05) is 5.32 Å². The zero-order chi connectivity index (χ0) is 17.0. The van der Waals surface area contributed by atoms with Crippen molar-refractivity contribution in [1.82, 2.24) is 9.78 Å². The second kappa shape index (κ2) is 7.21. The predicted molar refractivity (Wildman–Crippen MR) is 82.8 cm³/mol. The molecule has 1 amide bonds. The average molecular weight is 323 g/mol. The number of carbonyl (C=O) groups is 1. The van der Waals surface area contributed by atoms with Crippen LogP contribution in [0.3, 0.4) is 0 Å². The number of benzene rings is 1. The van der Waals surface area contributed by atoms with E-state index in [2.05, 4.69) is 15.2 Å². The third-order valence-corrected chi connectivity index (χ3v) is 3.61. The maximum absolute atomic E-state index is 12.4. The number of anilines is 1. The fourth-order valence-corrected chi connectivity index (χ4v) is 2.06. The molecule has 0 unspecified atom stereocenters. The largest absolute Gasteiger partial charge is 0.434 e. The van der Waals surface area contributed by atoms with E-state index in [0.717, 1.165) is 0 Å². The molecule has 0 aliphatic carbocycles. The quantitative estimate of drug-likeness (QED) is 0.875. The number of para-hydroxylation sites is 1. The fraction of sp³-hybridized carbons (Fsp3) is 0.375. The van der Waals surface area contributed by atoms with Crippen LogP contribution in [-0.4, -0.2) is 22.3 Å². The van der Waals surface area contributed by atoms with Crippen LogP contribution >= 0.6 is 0 Å². The van der Waals surface area contributed by atoms with Gasteiger partial charge in [0.05, 0.1) is 17.8 Å². The van der Waals surface area contributed by atoms with Crippen LogP contribution in [0.5, 0.6) is 5.75 Å². The molecule has 1 aromatic carbocycles. The number of nitrogens with zero attached hydrogens (tertiary/aromatic N) is 2. The monoisotopic (exact) mass is 323 g/mol. The molecule has 1 atom stereocenters. The molecule has 1 aromatic heterocycles. The molecule has 0 aliphatic heterocycles. The molecule has 0 saturated heterocycles. The summed E-state index contributed by atoms with van der Waals surface area (Å²) in [6.07, 6.45) is 1.58. The number of aromatic nitrogens is 2. The third kappa shape index (κ3) is 4.06. The molecule has 2 rings (SSSR count). The third-order valence-electron chi connectivity index (χ3n) is 3.61. The first kappa shape index (κ1) is 16.9. The Labute approximate surface area is 133 Å². The van der Waals surface area contributed by atoms with Gasteiger partial charge in [-0.3, -0.25) is 4.79 Å². The van der Waals surface area contributed by atoms with Crippen LogP contribution in [0.15, 0.2) is 36.5 Å². The Morgan fingerprint density at radius 3 is 2.57 bits per heavy atom. The van der Waals surface area contributed by atoms with Gasteiger partial charge in [-0.15, -0.1) is 0 Å². The number of hydrogen-bond donors (Lipinski definition) is 1. The number of amides is 1. The van der Waals surface area contributed by atoms with Crippen molar-refractivity contribution in [3.63, 3.8) is 0 Å². The Hall–Kier alpha value is -2.44. The number of alkyl halides is 2. The summed E-state index contributed by atoms with van der Waals surface area (Å²) < 4.78 is 30.9. The van der Waals surface area contributed by atoms with Crippen LogP contribution in [0.4, 0.5) is 14.6 Å². The molecule has 1 heterocycles. The van der Waals surface area contributed by atoms with E-state index in [1.165, 1.54) is 18.2 Å². The zero-order valence-electron chi connectivity index (χ0n) is 13.2. The number of ether oxygens (including phenoxy) is 1. The van der Waals surface area contributed by atoms with E-state index < -0.39 is 12.5 Å². The normalized spacial score (nSPS) is 12.5. The summed E-state index contributed by atoms with van der Waals surface area (Å²) in [4.78, 5) is 12.4. The summed E-state index contributed by atoms with van der Waals surface area (Å²) in [6.45, 7) is 3.09. The Kier molecular flexibility index (Phi) is 5.31. The summed E-state index contributed by atoms with van der Waals surface area (Å²) >= 11 is 0. The van der Waals surface area contributed by atoms with Gasteiger partial charge in [0.15, 0.2) is 0 Å². The molecule has 0 aliphatic rings. The highest BCUT2D eigenvalue weighted by atomic mass is 19.3. The van der Waals surface area contributed by atoms with E-state index in [0.29, 0.717) is 11.7 Å². The fourth-order valence-electron chi connectivity index (χ4n) is 2.06. The number of hydrogen-bond acceptors (Lipinski definition) is 3. The Balaban J connectivity index is 2.22. The lowest BCUT2D eigenvalue weighted by Crippen LogP contribution is -2.20. The molecule has 0 radical (unpaired) electrons. The summed E-state index contributed by atoms with van der Waals surface area (Å²) in [5.74, 6) is 0.130. The van der Waals surface area contributed by atoms with Gasteiger partial charge >= 0.3 is 6.61 Å². The van der Waals surface area contributed by atoms with Crippen molar-refractivity contribution in [1.29, 1.82) is 0 Å². The highest BCUT2D eigenvalue weighted by Gasteiger charge is 2.19. The second-order valence-electron chi connectivity index (χ2n) is 5.47. The van der Waals surface area contributed by atoms with E-state index in [1.54, 1.807) is 23.0 Å². The molecule has 5 nitrogen and oxygen atoms in total. The standard InChI is InChI=1S/C16H19F2N3O2/c1-10(2)11(3)21-14(8-9-19-21)20-15(22)12-6-4-5-7-13(12)23-16(17)18/h4-11,16H,1-3H3,(H,20,22)/t11-/m1/s1. The average Bonchev–Trinajstić information content (AvgIpc) is 2.94. The van der Waals surface area contributed by atoms with Crippen molar-refractivity contribution in [2.24, 2.45) is 5.92 Å². The van der Waals surface area contributed by atoms with Gasteiger partial charge < -0.3 is 10.1 Å². The molecule has 0 fully saturated rings. The predicted octanol–water partition coefficient (Wildman–Crippen LogP) is 3.95. The maximum Gasteiger partial charge on any atom is 0.387 e. The number of halogens is 2. The van der Waals surface area contributed by atoms with Gasteiger partial charge in [-0.05, 0) is 25.0 Å².